The number of carbonyl (C=O) groups is 1. The molecule has 1 atom stereocenters. The Kier molecular flexibility index (Phi) is 7.31. The molecule has 1 aliphatic heterocycles. The van der Waals surface area contributed by atoms with E-state index in [9.17, 15) is 9.59 Å². The molecule has 38 heavy (non-hydrogen) atoms. The maximum absolute atomic E-state index is 13.9. The van der Waals surface area contributed by atoms with E-state index >= 15 is 0 Å². The van der Waals surface area contributed by atoms with Crippen molar-refractivity contribution in [3.63, 3.8) is 0 Å². The van der Waals surface area contributed by atoms with Crippen LogP contribution >= 0.6 is 27.3 Å². The molecule has 1 amide bonds. The molecule has 9 heteroatoms. The molecular formula is C29H24BrN3O4S. The predicted molar refractivity (Wildman–Crippen MR) is 153 cm³/mol. The quantitative estimate of drug-likeness (QED) is 0.355. The van der Waals surface area contributed by atoms with E-state index in [0.717, 1.165) is 15.6 Å². The number of nitrogens with one attached hydrogen (secondary N) is 1. The summed E-state index contributed by atoms with van der Waals surface area (Å²) in [6, 6.07) is 21.5. The van der Waals surface area contributed by atoms with Crippen LogP contribution in [0.5, 0.6) is 11.5 Å². The molecule has 5 rings (SSSR count). The second kappa shape index (κ2) is 10.8. The number of methoxy groups -OCH3 is 2. The van der Waals surface area contributed by atoms with E-state index in [1.54, 1.807) is 25.7 Å². The van der Waals surface area contributed by atoms with Gasteiger partial charge in [-0.3, -0.25) is 14.2 Å². The van der Waals surface area contributed by atoms with Crippen LogP contribution in [-0.4, -0.2) is 24.7 Å². The van der Waals surface area contributed by atoms with Crippen LogP contribution in [0.3, 0.4) is 0 Å². The zero-order chi connectivity index (χ0) is 26.8. The third-order valence-corrected chi connectivity index (χ3v) is 7.78. The molecule has 1 unspecified atom stereocenters. The van der Waals surface area contributed by atoms with Crippen molar-refractivity contribution in [2.24, 2.45) is 4.99 Å². The van der Waals surface area contributed by atoms with E-state index in [4.69, 9.17) is 14.5 Å². The average Bonchev–Trinajstić information content (AvgIpc) is 3.22. The molecule has 0 saturated carbocycles. The minimum absolute atomic E-state index is 0.231. The number of hydrogen-bond acceptors (Lipinski definition) is 6. The Labute approximate surface area is 231 Å². The van der Waals surface area contributed by atoms with Gasteiger partial charge in [-0.15, -0.1) is 0 Å². The van der Waals surface area contributed by atoms with Gasteiger partial charge in [-0.1, -0.05) is 47.7 Å². The summed E-state index contributed by atoms with van der Waals surface area (Å²) in [6.07, 6.45) is 1.82. The molecule has 3 aromatic carbocycles. The van der Waals surface area contributed by atoms with Gasteiger partial charge in [0.25, 0.3) is 11.5 Å². The highest BCUT2D eigenvalue weighted by atomic mass is 79.9. The van der Waals surface area contributed by atoms with Crippen LogP contribution in [0.4, 0.5) is 5.69 Å². The maximum atomic E-state index is 13.9. The zero-order valence-corrected chi connectivity index (χ0v) is 23.3. The van der Waals surface area contributed by atoms with Gasteiger partial charge in [0, 0.05) is 5.69 Å². The lowest BCUT2D eigenvalue weighted by Crippen LogP contribution is -2.40. The van der Waals surface area contributed by atoms with Crippen LogP contribution in [0.2, 0.25) is 0 Å². The van der Waals surface area contributed by atoms with E-state index in [1.165, 1.54) is 11.3 Å². The highest BCUT2D eigenvalue weighted by Gasteiger charge is 2.32. The third-order valence-electron chi connectivity index (χ3n) is 6.18. The first-order valence-corrected chi connectivity index (χ1v) is 13.4. The average molecular weight is 590 g/mol. The van der Waals surface area contributed by atoms with Gasteiger partial charge in [-0.2, -0.15) is 0 Å². The molecule has 2 heterocycles. The van der Waals surface area contributed by atoms with E-state index in [-0.39, 0.29) is 11.5 Å². The minimum atomic E-state index is -0.685. The summed E-state index contributed by atoms with van der Waals surface area (Å²) >= 11 is 4.79. The fourth-order valence-electron chi connectivity index (χ4n) is 4.38. The largest absolute Gasteiger partial charge is 0.497 e. The number of aromatic nitrogens is 1. The Morgan fingerprint density at radius 1 is 1.05 bits per heavy atom. The number of allylic oxidation sites excluding steroid dienone is 1. The number of fused-ring (bicyclic) bond motifs is 1. The lowest BCUT2D eigenvalue weighted by molar-refractivity contribution is -0.113. The lowest BCUT2D eigenvalue weighted by Gasteiger charge is -2.25. The van der Waals surface area contributed by atoms with Crippen LogP contribution in [0, 0.1) is 0 Å². The smallest absolute Gasteiger partial charge is 0.271 e. The van der Waals surface area contributed by atoms with E-state index in [1.807, 2.05) is 78.9 Å². The number of thiazole rings is 1. The maximum Gasteiger partial charge on any atom is 0.271 e. The lowest BCUT2D eigenvalue weighted by atomic mass is 9.95. The first-order chi connectivity index (χ1) is 18.4. The van der Waals surface area contributed by atoms with Gasteiger partial charge in [0.15, 0.2) is 4.80 Å². The number of hydrogen-bond donors (Lipinski definition) is 1. The number of ether oxygens (including phenoxy) is 2. The predicted octanol–water partition coefficient (Wildman–Crippen LogP) is 4.65. The van der Waals surface area contributed by atoms with Crippen molar-refractivity contribution in [1.82, 2.24) is 4.57 Å². The summed E-state index contributed by atoms with van der Waals surface area (Å²) in [5, 5.41) is 2.96. The van der Waals surface area contributed by atoms with Gasteiger partial charge in [0.05, 0.1) is 40.5 Å². The molecular weight excluding hydrogens is 566 g/mol. The molecule has 1 aromatic heterocycles. The van der Waals surface area contributed by atoms with Crippen LogP contribution in [-0.2, 0) is 4.79 Å². The first-order valence-electron chi connectivity index (χ1n) is 11.8. The number of para-hydroxylation sites is 1. The van der Waals surface area contributed by atoms with Crippen molar-refractivity contribution in [2.45, 2.75) is 13.0 Å². The Bertz CT molecular complexity index is 1740. The van der Waals surface area contributed by atoms with Crippen molar-refractivity contribution in [3.05, 3.63) is 119 Å². The summed E-state index contributed by atoms with van der Waals surface area (Å²) in [5.41, 5.74) is 2.95. The fraction of sp³-hybridized carbons (Fsp3) is 0.138. The zero-order valence-electron chi connectivity index (χ0n) is 20.9. The molecule has 1 N–H and O–H groups in total. The third kappa shape index (κ3) is 4.94. The van der Waals surface area contributed by atoms with Gasteiger partial charge in [-0.05, 0) is 76.5 Å². The van der Waals surface area contributed by atoms with Gasteiger partial charge >= 0.3 is 0 Å². The second-order valence-corrected chi connectivity index (χ2v) is 10.4. The summed E-state index contributed by atoms with van der Waals surface area (Å²) in [4.78, 5) is 32.7. The first kappa shape index (κ1) is 25.7. The number of benzene rings is 3. The molecule has 0 saturated heterocycles. The van der Waals surface area contributed by atoms with E-state index in [2.05, 4.69) is 21.2 Å². The molecule has 1 aliphatic rings. The van der Waals surface area contributed by atoms with Gasteiger partial charge in [-0.25, -0.2) is 4.99 Å². The molecule has 0 aliphatic carbocycles. The van der Waals surface area contributed by atoms with Crippen LogP contribution < -0.4 is 29.7 Å². The van der Waals surface area contributed by atoms with E-state index < -0.39 is 6.04 Å². The Morgan fingerprint density at radius 2 is 1.84 bits per heavy atom. The van der Waals surface area contributed by atoms with Crippen molar-refractivity contribution in [3.8, 4) is 11.5 Å². The minimum Gasteiger partial charge on any atom is -0.497 e. The monoisotopic (exact) mass is 589 g/mol. The Morgan fingerprint density at radius 3 is 2.55 bits per heavy atom. The Balaban J connectivity index is 1.67. The summed E-state index contributed by atoms with van der Waals surface area (Å²) < 4.78 is 13.7. The van der Waals surface area contributed by atoms with Gasteiger partial charge in [0.2, 0.25) is 0 Å². The van der Waals surface area contributed by atoms with Crippen LogP contribution in [0.15, 0.2) is 98.3 Å². The molecule has 0 bridgehead atoms. The van der Waals surface area contributed by atoms with Gasteiger partial charge < -0.3 is 14.8 Å². The molecule has 0 fully saturated rings. The van der Waals surface area contributed by atoms with Crippen molar-refractivity contribution < 1.29 is 14.3 Å². The highest BCUT2D eigenvalue weighted by molar-refractivity contribution is 9.10. The summed E-state index contributed by atoms with van der Waals surface area (Å²) in [7, 11) is 3.19. The van der Waals surface area contributed by atoms with Crippen LogP contribution in [0.1, 0.15) is 24.1 Å². The molecule has 4 aromatic rings. The highest BCUT2D eigenvalue weighted by Crippen LogP contribution is 2.32. The normalized spacial score (nSPS) is 15.1. The van der Waals surface area contributed by atoms with Crippen LogP contribution in [0.25, 0.3) is 6.08 Å². The molecule has 0 radical (unpaired) electrons. The van der Waals surface area contributed by atoms with Gasteiger partial charge in [0.1, 0.15) is 11.5 Å². The second-order valence-electron chi connectivity index (χ2n) is 8.57. The number of carbonyl (C=O) groups excluding carboxylic acids is 1. The fourth-order valence-corrected chi connectivity index (χ4v) is 5.99. The molecule has 192 valence electrons. The van der Waals surface area contributed by atoms with Crippen molar-refractivity contribution in [2.75, 3.05) is 19.5 Å². The number of amides is 1. The van der Waals surface area contributed by atoms with Crippen molar-refractivity contribution >= 4 is 44.9 Å². The standard InChI is InChI=1S/C29H24BrN3O4S/c1-17-25(27(34)32-20-9-5-4-6-10-20)26(19-8-7-11-21(16-19)36-2)33-28(35)24(38-29(33)31-17)15-18-12-13-23(37-3)22(30)14-18/h4-16,26H,1-3H3,(H,32,34)/b24-15-. The number of halogens is 1. The Hall–Kier alpha value is -3.95. The molecule has 7 nitrogen and oxygen atoms in total. The topological polar surface area (TPSA) is 81.9 Å². The number of anilines is 1. The summed E-state index contributed by atoms with van der Waals surface area (Å²) in [5.74, 6) is 1.01. The molecule has 0 spiro atoms. The number of rotatable bonds is 6. The number of nitrogens with zero attached hydrogens (tertiary/aromatic N) is 2. The summed E-state index contributed by atoms with van der Waals surface area (Å²) in [6.45, 7) is 1.80. The SMILES string of the molecule is COc1cccc(C2C(C(=O)Nc3ccccc3)=C(C)N=c3s/c(=C\c4ccc(OC)c(Br)c4)c(=O)n32)c1. The van der Waals surface area contributed by atoms with E-state index in [0.29, 0.717) is 37.8 Å². The van der Waals surface area contributed by atoms with Crippen molar-refractivity contribution in [1.29, 1.82) is 0 Å².